The molecule has 42 heavy (non-hydrogen) atoms. The predicted octanol–water partition coefficient (Wildman–Crippen LogP) is 5.01. The zero-order valence-electron chi connectivity index (χ0n) is 25.7. The molecule has 3 fully saturated rings. The van der Waals surface area contributed by atoms with Crippen molar-refractivity contribution in [2.75, 3.05) is 37.7 Å². The molecule has 4 aliphatic carbocycles. The normalized spacial score (nSPS) is 32.9. The number of aliphatic hydroxyl groups excluding tert-OH is 1. The summed E-state index contributed by atoms with van der Waals surface area (Å²) in [7, 11) is 0. The zero-order valence-corrected chi connectivity index (χ0v) is 25.7. The van der Waals surface area contributed by atoms with Gasteiger partial charge in [0, 0.05) is 55.0 Å². The topological polar surface area (TPSA) is 81.1 Å². The van der Waals surface area contributed by atoms with Crippen LogP contribution in [0.4, 0.5) is 5.69 Å². The Labute approximate surface area is 250 Å². The molecule has 1 aliphatic heterocycles. The van der Waals surface area contributed by atoms with E-state index in [1.165, 1.54) is 22.3 Å². The van der Waals surface area contributed by atoms with Gasteiger partial charge < -0.3 is 20.0 Å². The first-order chi connectivity index (χ1) is 19.9. The lowest BCUT2D eigenvalue weighted by atomic mass is 9.51. The fraction of sp³-hybridized carbons (Fsp3) is 0.611. The van der Waals surface area contributed by atoms with E-state index in [2.05, 4.69) is 68.7 Å². The van der Waals surface area contributed by atoms with Crippen molar-refractivity contribution in [2.45, 2.75) is 84.2 Å². The summed E-state index contributed by atoms with van der Waals surface area (Å²) in [6, 6.07) is 8.94. The molecular formula is C36H46N2O4. The van der Waals surface area contributed by atoms with Crippen molar-refractivity contribution in [3.05, 3.63) is 52.6 Å². The minimum absolute atomic E-state index is 0.169. The Kier molecular flexibility index (Phi) is 7.43. The highest BCUT2D eigenvalue weighted by Crippen LogP contribution is 2.66. The maximum absolute atomic E-state index is 12.4. The van der Waals surface area contributed by atoms with E-state index >= 15 is 0 Å². The summed E-state index contributed by atoms with van der Waals surface area (Å²) in [5.41, 5.74) is 5.12. The highest BCUT2D eigenvalue weighted by Gasteiger charge is 2.62. The molecule has 2 saturated carbocycles. The molecule has 1 unspecified atom stereocenters. The molecule has 224 valence electrons. The van der Waals surface area contributed by atoms with Crippen LogP contribution in [0.1, 0.15) is 84.1 Å². The lowest BCUT2D eigenvalue weighted by molar-refractivity contribution is -0.134. The van der Waals surface area contributed by atoms with Crippen LogP contribution in [-0.4, -0.2) is 65.2 Å². The fourth-order valence-electron chi connectivity index (χ4n) is 8.69. The summed E-state index contributed by atoms with van der Waals surface area (Å²) >= 11 is 0. The minimum Gasteiger partial charge on any atom is -0.387 e. The third-order valence-electron chi connectivity index (χ3n) is 11.0. The number of ketones is 1. The number of anilines is 1. The molecule has 6 nitrogen and oxygen atoms in total. The van der Waals surface area contributed by atoms with Crippen LogP contribution >= 0.6 is 0 Å². The quantitative estimate of drug-likeness (QED) is 0.500. The van der Waals surface area contributed by atoms with E-state index in [1.807, 2.05) is 6.08 Å². The number of nitrogens with zero attached hydrogens (tertiary/aromatic N) is 2. The Balaban J connectivity index is 1.36. The average molecular weight is 571 g/mol. The van der Waals surface area contributed by atoms with Gasteiger partial charge in [-0.1, -0.05) is 36.5 Å². The largest absolute Gasteiger partial charge is 0.387 e. The Bertz CT molecular complexity index is 1380. The van der Waals surface area contributed by atoms with Crippen molar-refractivity contribution in [3.63, 3.8) is 0 Å². The molecule has 1 aromatic carbocycles. The minimum atomic E-state index is -1.01. The number of hydrogen-bond acceptors (Lipinski definition) is 5. The molecule has 1 amide bonds. The summed E-state index contributed by atoms with van der Waals surface area (Å²) in [5, 5.41) is 21.4. The molecule has 0 radical (unpaired) electrons. The zero-order chi connectivity index (χ0) is 29.9. The number of rotatable bonds is 3. The molecule has 5 atom stereocenters. The van der Waals surface area contributed by atoms with Crippen LogP contribution in [0.3, 0.4) is 0 Å². The van der Waals surface area contributed by atoms with Crippen molar-refractivity contribution in [1.82, 2.24) is 4.90 Å². The smallest absolute Gasteiger partial charge is 0.248 e. The first-order valence-corrected chi connectivity index (χ1v) is 15.9. The number of piperazine rings is 1. The fourth-order valence-corrected chi connectivity index (χ4v) is 8.69. The number of aliphatic hydroxyl groups is 2. The second-order valence-corrected chi connectivity index (χ2v) is 14.5. The van der Waals surface area contributed by atoms with E-state index in [1.54, 1.807) is 4.90 Å². The molecule has 0 bridgehead atoms. The Morgan fingerprint density at radius 3 is 2.43 bits per heavy atom. The maximum atomic E-state index is 12.4. The van der Waals surface area contributed by atoms with E-state index in [4.69, 9.17) is 0 Å². The summed E-state index contributed by atoms with van der Waals surface area (Å²) < 4.78 is 0. The van der Waals surface area contributed by atoms with Gasteiger partial charge in [-0.3, -0.25) is 9.59 Å². The number of carbonyl (C=O) groups is 2. The van der Waals surface area contributed by atoms with Crippen molar-refractivity contribution in [1.29, 1.82) is 0 Å². The van der Waals surface area contributed by atoms with Gasteiger partial charge in [0.15, 0.2) is 5.78 Å². The van der Waals surface area contributed by atoms with E-state index in [-0.39, 0.29) is 28.4 Å². The van der Waals surface area contributed by atoms with Gasteiger partial charge in [-0.25, -0.2) is 0 Å². The van der Waals surface area contributed by atoms with E-state index in [9.17, 15) is 19.8 Å². The number of amides is 1. The SMILES string of the molecule is CC(C)(C)C#C[C@]1(O)CCC2[C@@H]3CCC4=CC(=O)CCC4=C3[C@@H](c3ccc(N4CCN(C(=O)CO)CC4)cc3)C[C@@]21C. The molecule has 2 N–H and O–H groups in total. The number of fused-ring (bicyclic) bond motifs is 4. The molecule has 0 spiro atoms. The lowest BCUT2D eigenvalue weighted by Crippen LogP contribution is -2.51. The van der Waals surface area contributed by atoms with Crippen LogP contribution in [0.25, 0.3) is 0 Å². The second kappa shape index (κ2) is 10.7. The Hall–Kier alpha value is -2.88. The Morgan fingerprint density at radius 1 is 1.05 bits per heavy atom. The maximum Gasteiger partial charge on any atom is 0.248 e. The van der Waals surface area contributed by atoms with Gasteiger partial charge >= 0.3 is 0 Å². The van der Waals surface area contributed by atoms with Gasteiger partial charge in [0.2, 0.25) is 5.91 Å². The molecule has 1 saturated heterocycles. The standard InChI is InChI=1S/C36H46N2O4/c1-34(2,3)15-16-36(42)14-13-31-29-11-7-25-21-27(40)10-12-28(25)33(29)30(22-35(31,36)4)24-5-8-26(9-6-24)37-17-19-38(20-18-37)32(41)23-39/h5-6,8-9,21,29-31,39,42H,7,10-14,17-20,22-23H2,1-4H3/t29-,30+,31?,35-,36+/m0/s1. The van der Waals surface area contributed by atoms with Gasteiger partial charge in [-0.2, -0.15) is 0 Å². The number of carbonyl (C=O) groups excluding carboxylic acids is 2. The molecule has 6 heteroatoms. The molecule has 5 aliphatic rings. The lowest BCUT2D eigenvalue weighted by Gasteiger charge is -2.53. The van der Waals surface area contributed by atoms with Crippen LogP contribution in [0.15, 0.2) is 47.1 Å². The van der Waals surface area contributed by atoms with Crippen molar-refractivity contribution >= 4 is 17.4 Å². The van der Waals surface area contributed by atoms with Gasteiger partial charge in [0.05, 0.1) is 0 Å². The van der Waals surface area contributed by atoms with E-state index in [0.717, 1.165) is 50.9 Å². The average Bonchev–Trinajstić information content (AvgIpc) is 3.25. The van der Waals surface area contributed by atoms with Gasteiger partial charge in [0.1, 0.15) is 12.2 Å². The van der Waals surface area contributed by atoms with E-state index in [0.29, 0.717) is 37.8 Å². The number of hydrogen-bond donors (Lipinski definition) is 2. The van der Waals surface area contributed by atoms with Crippen LogP contribution in [-0.2, 0) is 9.59 Å². The molecule has 1 heterocycles. The summed E-state index contributed by atoms with van der Waals surface area (Å²) in [5.74, 6) is 7.82. The number of allylic oxidation sites excluding steroid dienone is 4. The van der Waals surface area contributed by atoms with Crippen molar-refractivity contribution in [3.8, 4) is 11.8 Å². The third kappa shape index (κ3) is 5.03. The van der Waals surface area contributed by atoms with Crippen LogP contribution in [0, 0.1) is 34.5 Å². The second-order valence-electron chi connectivity index (χ2n) is 14.5. The monoisotopic (exact) mass is 570 g/mol. The van der Waals surface area contributed by atoms with Crippen molar-refractivity contribution < 1.29 is 19.8 Å². The summed E-state index contributed by atoms with van der Waals surface area (Å²) in [6.07, 6.45) is 7.88. The number of benzene rings is 1. The highest BCUT2D eigenvalue weighted by molar-refractivity contribution is 5.93. The van der Waals surface area contributed by atoms with E-state index < -0.39 is 12.2 Å². The first kappa shape index (κ1) is 29.2. The van der Waals surface area contributed by atoms with Crippen LogP contribution < -0.4 is 4.90 Å². The summed E-state index contributed by atoms with van der Waals surface area (Å²) in [4.78, 5) is 28.3. The molecular weight excluding hydrogens is 524 g/mol. The third-order valence-corrected chi connectivity index (χ3v) is 11.0. The van der Waals surface area contributed by atoms with Crippen LogP contribution in [0.2, 0.25) is 0 Å². The predicted molar refractivity (Wildman–Crippen MR) is 165 cm³/mol. The highest BCUT2D eigenvalue weighted by atomic mass is 16.3. The molecule has 0 aromatic heterocycles. The summed E-state index contributed by atoms with van der Waals surface area (Å²) in [6.45, 7) is 10.9. The van der Waals surface area contributed by atoms with Gasteiger partial charge in [-0.15, -0.1) is 0 Å². The van der Waals surface area contributed by atoms with Gasteiger partial charge in [-0.05, 0) is 106 Å². The van der Waals surface area contributed by atoms with Crippen molar-refractivity contribution in [2.24, 2.45) is 22.7 Å². The first-order valence-electron chi connectivity index (χ1n) is 15.9. The van der Waals surface area contributed by atoms with Gasteiger partial charge in [0.25, 0.3) is 0 Å². The molecule has 1 aromatic rings. The Morgan fingerprint density at radius 2 is 1.76 bits per heavy atom. The van der Waals surface area contributed by atoms with Crippen LogP contribution in [0.5, 0.6) is 0 Å². The molecule has 6 rings (SSSR count).